The number of fused-ring (bicyclic) bond motifs is 1. The average molecular weight is 383 g/mol. The van der Waals surface area contributed by atoms with Gasteiger partial charge in [-0.3, -0.25) is 4.79 Å². The molecule has 1 saturated carbocycles. The molecule has 0 bridgehead atoms. The van der Waals surface area contributed by atoms with Crippen LogP contribution in [0.1, 0.15) is 25.7 Å². The Hall–Kier alpha value is -1.51. The Bertz CT molecular complexity index is 753. The van der Waals surface area contributed by atoms with Crippen LogP contribution in [0, 0.1) is 17.7 Å². The van der Waals surface area contributed by atoms with Crippen LogP contribution in [-0.2, 0) is 14.8 Å². The fraction of sp³-hybridized carbons (Fsp3) is 0.611. The first-order valence-electron chi connectivity index (χ1n) is 9.04. The number of halogens is 1. The number of carbonyl (C=O) groups is 1. The van der Waals surface area contributed by atoms with Crippen molar-refractivity contribution in [1.82, 2.24) is 9.21 Å². The molecule has 3 unspecified atom stereocenters. The highest BCUT2D eigenvalue weighted by Crippen LogP contribution is 2.37. The summed E-state index contributed by atoms with van der Waals surface area (Å²) in [5, 5.41) is 0. The summed E-state index contributed by atoms with van der Waals surface area (Å²) in [5.41, 5.74) is 6.10. The summed E-state index contributed by atoms with van der Waals surface area (Å²) in [6.45, 7) is 1.75. The molecule has 6 nitrogen and oxygen atoms in total. The Morgan fingerprint density at radius 2 is 1.96 bits per heavy atom. The van der Waals surface area contributed by atoms with E-state index in [9.17, 15) is 17.6 Å². The Kier molecular flexibility index (Phi) is 5.64. The molecule has 1 saturated heterocycles. The fourth-order valence-corrected chi connectivity index (χ4v) is 5.24. The van der Waals surface area contributed by atoms with Crippen molar-refractivity contribution in [3.63, 3.8) is 0 Å². The van der Waals surface area contributed by atoms with Crippen molar-refractivity contribution >= 4 is 15.9 Å². The standard InChI is InChI=1S/C18H26FN3O3S/c1-21(26(24,25)15-7-5-14(19)6-8-15)10-2-3-18(23)22-11-13-4-9-17(20)16(13)12-22/h5-8,13,16-17H,2-4,9-12,20H2,1H3. The highest BCUT2D eigenvalue weighted by Gasteiger charge is 2.42. The highest BCUT2D eigenvalue weighted by atomic mass is 32.2. The molecule has 0 radical (unpaired) electrons. The predicted octanol–water partition coefficient (Wildman–Crippen LogP) is 1.42. The molecule has 1 aliphatic heterocycles. The van der Waals surface area contributed by atoms with E-state index in [4.69, 9.17) is 5.73 Å². The van der Waals surface area contributed by atoms with Gasteiger partial charge in [-0.1, -0.05) is 0 Å². The van der Waals surface area contributed by atoms with E-state index in [0.717, 1.165) is 38.1 Å². The van der Waals surface area contributed by atoms with Crippen molar-refractivity contribution in [2.75, 3.05) is 26.7 Å². The van der Waals surface area contributed by atoms with Gasteiger partial charge in [0.15, 0.2) is 0 Å². The maximum atomic E-state index is 13.0. The third-order valence-corrected chi connectivity index (χ3v) is 7.52. The summed E-state index contributed by atoms with van der Waals surface area (Å²) >= 11 is 0. The lowest BCUT2D eigenvalue weighted by atomic mass is 9.98. The van der Waals surface area contributed by atoms with Gasteiger partial charge in [0.25, 0.3) is 0 Å². The lowest BCUT2D eigenvalue weighted by molar-refractivity contribution is -0.130. The van der Waals surface area contributed by atoms with E-state index in [1.54, 1.807) is 0 Å². The number of benzene rings is 1. The van der Waals surface area contributed by atoms with Crippen molar-refractivity contribution in [1.29, 1.82) is 0 Å². The van der Waals surface area contributed by atoms with Gasteiger partial charge in [-0.2, -0.15) is 0 Å². The van der Waals surface area contributed by atoms with Crippen molar-refractivity contribution in [2.24, 2.45) is 17.6 Å². The molecule has 1 aromatic rings. The normalized spacial score (nSPS) is 25.7. The number of sulfonamides is 1. The van der Waals surface area contributed by atoms with Gasteiger partial charge < -0.3 is 10.6 Å². The molecule has 8 heteroatoms. The molecule has 144 valence electrons. The number of carbonyl (C=O) groups excluding carboxylic acids is 1. The Balaban J connectivity index is 1.48. The number of rotatable bonds is 6. The van der Waals surface area contributed by atoms with E-state index >= 15 is 0 Å². The summed E-state index contributed by atoms with van der Waals surface area (Å²) in [6.07, 6.45) is 2.91. The van der Waals surface area contributed by atoms with Crippen LogP contribution in [0.4, 0.5) is 4.39 Å². The zero-order chi connectivity index (χ0) is 18.9. The Morgan fingerprint density at radius 1 is 1.27 bits per heavy atom. The second-order valence-electron chi connectivity index (χ2n) is 7.35. The molecular formula is C18H26FN3O3S. The van der Waals surface area contributed by atoms with Crippen LogP contribution in [0.15, 0.2) is 29.2 Å². The van der Waals surface area contributed by atoms with E-state index in [0.29, 0.717) is 24.7 Å². The van der Waals surface area contributed by atoms with Crippen molar-refractivity contribution in [2.45, 2.75) is 36.6 Å². The number of likely N-dealkylation sites (tertiary alicyclic amines) is 1. The summed E-state index contributed by atoms with van der Waals surface area (Å²) in [5.74, 6) is 0.530. The number of hydrogen-bond donors (Lipinski definition) is 1. The van der Waals surface area contributed by atoms with E-state index < -0.39 is 15.8 Å². The molecule has 3 atom stereocenters. The molecule has 2 N–H and O–H groups in total. The van der Waals surface area contributed by atoms with Gasteiger partial charge in [0.2, 0.25) is 15.9 Å². The third-order valence-electron chi connectivity index (χ3n) is 5.65. The van der Waals surface area contributed by atoms with Crippen LogP contribution in [0.2, 0.25) is 0 Å². The largest absolute Gasteiger partial charge is 0.342 e. The van der Waals surface area contributed by atoms with Gasteiger partial charge in [-0.25, -0.2) is 17.1 Å². The lowest BCUT2D eigenvalue weighted by Gasteiger charge is -2.20. The molecule has 0 spiro atoms. The van der Waals surface area contributed by atoms with E-state index in [1.807, 2.05) is 4.90 Å². The number of amides is 1. The molecule has 1 amide bonds. The maximum Gasteiger partial charge on any atom is 0.242 e. The monoisotopic (exact) mass is 383 g/mol. The van der Waals surface area contributed by atoms with Gasteiger partial charge >= 0.3 is 0 Å². The minimum Gasteiger partial charge on any atom is -0.342 e. The lowest BCUT2D eigenvalue weighted by Crippen LogP contribution is -2.34. The zero-order valence-electron chi connectivity index (χ0n) is 15.0. The molecule has 26 heavy (non-hydrogen) atoms. The molecule has 1 aromatic carbocycles. The zero-order valence-corrected chi connectivity index (χ0v) is 15.8. The van der Waals surface area contributed by atoms with Crippen molar-refractivity contribution in [3.8, 4) is 0 Å². The second kappa shape index (κ2) is 7.62. The second-order valence-corrected chi connectivity index (χ2v) is 9.39. The van der Waals surface area contributed by atoms with Crippen LogP contribution in [0.3, 0.4) is 0 Å². The molecular weight excluding hydrogens is 357 g/mol. The quantitative estimate of drug-likeness (QED) is 0.805. The third kappa shape index (κ3) is 3.92. The van der Waals surface area contributed by atoms with E-state index in [1.165, 1.54) is 23.5 Å². The van der Waals surface area contributed by atoms with E-state index in [2.05, 4.69) is 0 Å². The van der Waals surface area contributed by atoms with Crippen LogP contribution in [0.5, 0.6) is 0 Å². The summed E-state index contributed by atoms with van der Waals surface area (Å²) in [6, 6.07) is 4.94. The van der Waals surface area contributed by atoms with Crippen LogP contribution in [-0.4, -0.2) is 56.3 Å². The van der Waals surface area contributed by atoms with Crippen molar-refractivity contribution in [3.05, 3.63) is 30.1 Å². The summed E-state index contributed by atoms with van der Waals surface area (Å²) < 4.78 is 39.1. The van der Waals surface area contributed by atoms with Crippen molar-refractivity contribution < 1.29 is 17.6 Å². The summed E-state index contributed by atoms with van der Waals surface area (Å²) in [4.78, 5) is 14.3. The highest BCUT2D eigenvalue weighted by molar-refractivity contribution is 7.89. The minimum atomic E-state index is -3.67. The summed E-state index contributed by atoms with van der Waals surface area (Å²) in [7, 11) is -2.19. The molecule has 1 aliphatic carbocycles. The van der Waals surface area contributed by atoms with Gasteiger partial charge in [0.1, 0.15) is 5.82 Å². The van der Waals surface area contributed by atoms with Gasteiger partial charge in [0, 0.05) is 39.1 Å². The molecule has 2 fully saturated rings. The molecule has 1 heterocycles. The first kappa shape index (κ1) is 19.3. The van der Waals surface area contributed by atoms with Gasteiger partial charge in [0.05, 0.1) is 4.90 Å². The fourth-order valence-electron chi connectivity index (χ4n) is 4.03. The van der Waals surface area contributed by atoms with Crippen LogP contribution in [0.25, 0.3) is 0 Å². The Labute approximate surface area is 154 Å². The van der Waals surface area contributed by atoms with Gasteiger partial charge in [-0.05, 0) is 55.4 Å². The topological polar surface area (TPSA) is 83.7 Å². The number of nitrogens with zero attached hydrogens (tertiary/aromatic N) is 2. The molecule has 0 aromatic heterocycles. The smallest absolute Gasteiger partial charge is 0.242 e. The molecule has 2 aliphatic rings. The first-order chi connectivity index (χ1) is 12.3. The SMILES string of the molecule is CN(CCCC(=O)N1CC2CCC(N)C2C1)S(=O)(=O)c1ccc(F)cc1. The van der Waals surface area contributed by atoms with E-state index in [-0.39, 0.29) is 23.4 Å². The average Bonchev–Trinajstić information content (AvgIpc) is 3.17. The predicted molar refractivity (Wildman–Crippen MR) is 96.2 cm³/mol. The maximum absolute atomic E-state index is 13.0. The van der Waals surface area contributed by atoms with Crippen LogP contribution < -0.4 is 5.73 Å². The van der Waals surface area contributed by atoms with Crippen LogP contribution >= 0.6 is 0 Å². The number of hydrogen-bond acceptors (Lipinski definition) is 4. The number of nitrogens with two attached hydrogens (primary N) is 1. The van der Waals surface area contributed by atoms with Gasteiger partial charge in [-0.15, -0.1) is 0 Å². The minimum absolute atomic E-state index is 0.0501. The Morgan fingerprint density at radius 3 is 2.62 bits per heavy atom. The first-order valence-corrected chi connectivity index (χ1v) is 10.5. The molecule has 3 rings (SSSR count).